The zero-order valence-corrected chi connectivity index (χ0v) is 11.8. The van der Waals surface area contributed by atoms with Crippen molar-refractivity contribution in [3.63, 3.8) is 0 Å². The highest BCUT2D eigenvalue weighted by Gasteiger charge is 2.31. The molecule has 20 heavy (non-hydrogen) atoms. The van der Waals surface area contributed by atoms with Gasteiger partial charge in [-0.1, -0.05) is 6.07 Å². The Morgan fingerprint density at radius 3 is 3.00 bits per heavy atom. The number of pyridine rings is 1. The molecule has 1 aliphatic heterocycles. The van der Waals surface area contributed by atoms with Gasteiger partial charge >= 0.3 is 0 Å². The minimum atomic E-state index is -0.177. The van der Waals surface area contributed by atoms with Crippen LogP contribution in [0.15, 0.2) is 24.5 Å². The summed E-state index contributed by atoms with van der Waals surface area (Å²) < 4.78 is 0. The second-order valence-electron chi connectivity index (χ2n) is 5.25. The van der Waals surface area contributed by atoms with Crippen LogP contribution >= 0.6 is 11.3 Å². The molecule has 5 heteroatoms. The fraction of sp³-hybridized carbons (Fsp3) is 0.333. The van der Waals surface area contributed by atoms with Crippen molar-refractivity contribution in [1.29, 1.82) is 0 Å². The molecule has 1 amide bonds. The van der Waals surface area contributed by atoms with Gasteiger partial charge < -0.3 is 10.6 Å². The first-order valence-electron chi connectivity index (χ1n) is 6.95. The second-order valence-corrected chi connectivity index (χ2v) is 6.36. The van der Waals surface area contributed by atoms with E-state index in [2.05, 4.69) is 15.6 Å². The summed E-state index contributed by atoms with van der Waals surface area (Å²) in [7, 11) is 0. The molecule has 0 radical (unpaired) electrons. The Bertz CT molecular complexity index is 665. The van der Waals surface area contributed by atoms with Gasteiger partial charge in [-0.25, -0.2) is 0 Å². The summed E-state index contributed by atoms with van der Waals surface area (Å²) >= 11 is 1.75. The molecule has 2 aromatic rings. The molecule has 2 N–H and O–H groups in total. The molecular formula is C15H15N3OS. The van der Waals surface area contributed by atoms with E-state index in [0.29, 0.717) is 0 Å². The third kappa shape index (κ3) is 1.81. The van der Waals surface area contributed by atoms with Crippen molar-refractivity contribution in [3.05, 3.63) is 46.1 Å². The molecule has 0 unspecified atom stereocenters. The predicted octanol–water partition coefficient (Wildman–Crippen LogP) is 2.88. The first-order valence-corrected chi connectivity index (χ1v) is 7.76. The van der Waals surface area contributed by atoms with Crippen molar-refractivity contribution in [3.8, 4) is 0 Å². The third-order valence-corrected chi connectivity index (χ3v) is 5.19. The van der Waals surface area contributed by atoms with Crippen LogP contribution in [0.5, 0.6) is 0 Å². The Morgan fingerprint density at radius 2 is 2.15 bits per heavy atom. The summed E-state index contributed by atoms with van der Waals surface area (Å²) in [4.78, 5) is 17.9. The van der Waals surface area contributed by atoms with E-state index in [9.17, 15) is 4.79 Å². The molecule has 1 atom stereocenters. The molecule has 2 aliphatic rings. The molecule has 2 aromatic heterocycles. The summed E-state index contributed by atoms with van der Waals surface area (Å²) in [5.41, 5.74) is 3.13. The summed E-state index contributed by atoms with van der Waals surface area (Å²) in [6.45, 7) is 0. The lowest BCUT2D eigenvalue weighted by atomic mass is 9.94. The number of hydrogen-bond donors (Lipinski definition) is 2. The Labute approximate surface area is 121 Å². The average Bonchev–Trinajstić information content (AvgIpc) is 2.87. The van der Waals surface area contributed by atoms with Crippen molar-refractivity contribution in [2.45, 2.75) is 31.8 Å². The molecule has 0 saturated heterocycles. The van der Waals surface area contributed by atoms with E-state index in [1.807, 2.05) is 12.1 Å². The SMILES string of the molecule is O=C1N[C@H](c2cccnc2)Nc2sc3c(c21)CCCC3. The molecule has 0 fully saturated rings. The maximum Gasteiger partial charge on any atom is 0.256 e. The van der Waals surface area contributed by atoms with Crippen LogP contribution in [-0.4, -0.2) is 10.9 Å². The van der Waals surface area contributed by atoms with Gasteiger partial charge in [0.1, 0.15) is 11.2 Å². The van der Waals surface area contributed by atoms with Gasteiger partial charge in [0.2, 0.25) is 0 Å². The van der Waals surface area contributed by atoms with Crippen LogP contribution in [0.3, 0.4) is 0 Å². The van der Waals surface area contributed by atoms with Crippen molar-refractivity contribution < 1.29 is 4.79 Å². The summed E-state index contributed by atoms with van der Waals surface area (Å²) in [6.07, 6.45) is 7.92. The average molecular weight is 285 g/mol. The molecular weight excluding hydrogens is 270 g/mol. The maximum absolute atomic E-state index is 12.4. The quantitative estimate of drug-likeness (QED) is 0.847. The highest BCUT2D eigenvalue weighted by molar-refractivity contribution is 7.16. The smallest absolute Gasteiger partial charge is 0.256 e. The molecule has 4 nitrogen and oxygen atoms in total. The van der Waals surface area contributed by atoms with E-state index in [1.165, 1.54) is 23.3 Å². The van der Waals surface area contributed by atoms with E-state index in [-0.39, 0.29) is 12.1 Å². The number of rotatable bonds is 1. The number of anilines is 1. The maximum atomic E-state index is 12.4. The van der Waals surface area contributed by atoms with Crippen LogP contribution in [0.2, 0.25) is 0 Å². The molecule has 3 heterocycles. The molecule has 4 rings (SSSR count). The molecule has 0 bridgehead atoms. The summed E-state index contributed by atoms with van der Waals surface area (Å²) in [5, 5.41) is 7.51. The van der Waals surface area contributed by atoms with Crippen molar-refractivity contribution in [1.82, 2.24) is 10.3 Å². The molecule has 0 saturated carbocycles. The summed E-state index contributed by atoms with van der Waals surface area (Å²) in [5.74, 6) is 0.0482. The Morgan fingerprint density at radius 1 is 1.25 bits per heavy atom. The van der Waals surface area contributed by atoms with Crippen molar-refractivity contribution >= 4 is 22.2 Å². The summed E-state index contributed by atoms with van der Waals surface area (Å²) in [6, 6.07) is 3.86. The monoisotopic (exact) mass is 285 g/mol. The van der Waals surface area contributed by atoms with E-state index in [4.69, 9.17) is 0 Å². The predicted molar refractivity (Wildman–Crippen MR) is 79.0 cm³/mol. The van der Waals surface area contributed by atoms with Crippen LogP contribution in [-0.2, 0) is 12.8 Å². The normalized spacial score (nSPS) is 20.6. The van der Waals surface area contributed by atoms with Gasteiger partial charge in [-0.3, -0.25) is 9.78 Å². The topological polar surface area (TPSA) is 54.0 Å². The van der Waals surface area contributed by atoms with Crippen LogP contribution in [0.25, 0.3) is 0 Å². The molecule has 1 aliphatic carbocycles. The van der Waals surface area contributed by atoms with Gasteiger partial charge in [0, 0.05) is 22.8 Å². The lowest BCUT2D eigenvalue weighted by Crippen LogP contribution is -2.38. The number of aromatic nitrogens is 1. The highest BCUT2D eigenvalue weighted by atomic mass is 32.1. The van der Waals surface area contributed by atoms with E-state index in [1.54, 1.807) is 23.7 Å². The highest BCUT2D eigenvalue weighted by Crippen LogP contribution is 2.41. The van der Waals surface area contributed by atoms with Crippen LogP contribution in [0.4, 0.5) is 5.00 Å². The van der Waals surface area contributed by atoms with Gasteiger partial charge in [-0.2, -0.15) is 0 Å². The van der Waals surface area contributed by atoms with E-state index < -0.39 is 0 Å². The first-order chi connectivity index (χ1) is 9.83. The minimum absolute atomic E-state index is 0.0482. The van der Waals surface area contributed by atoms with Crippen LogP contribution in [0.1, 0.15) is 45.4 Å². The molecule has 0 spiro atoms. The third-order valence-electron chi connectivity index (χ3n) is 3.97. The number of thiophene rings is 1. The Kier molecular flexibility index (Phi) is 2.73. The standard InChI is InChI=1S/C15H15N3OS/c19-14-12-10-5-1-2-6-11(10)20-15(12)18-13(17-14)9-4-3-7-16-8-9/h3-4,7-8,13,18H,1-2,5-6H2,(H,17,19)/t13-/m0/s1. The van der Waals surface area contributed by atoms with E-state index >= 15 is 0 Å². The van der Waals surface area contributed by atoms with Crippen molar-refractivity contribution in [2.24, 2.45) is 0 Å². The number of carbonyl (C=O) groups excluding carboxylic acids is 1. The minimum Gasteiger partial charge on any atom is -0.353 e. The fourth-order valence-electron chi connectivity index (χ4n) is 2.99. The largest absolute Gasteiger partial charge is 0.353 e. The van der Waals surface area contributed by atoms with Crippen LogP contribution in [0, 0.1) is 0 Å². The van der Waals surface area contributed by atoms with Crippen molar-refractivity contribution in [2.75, 3.05) is 5.32 Å². The van der Waals surface area contributed by atoms with E-state index in [0.717, 1.165) is 29.0 Å². The zero-order valence-electron chi connectivity index (χ0n) is 11.0. The zero-order chi connectivity index (χ0) is 13.5. The van der Waals surface area contributed by atoms with Gasteiger partial charge in [0.15, 0.2) is 0 Å². The number of amides is 1. The Hall–Kier alpha value is -1.88. The van der Waals surface area contributed by atoms with Gasteiger partial charge in [-0.15, -0.1) is 11.3 Å². The Balaban J connectivity index is 1.73. The number of fused-ring (bicyclic) bond motifs is 3. The number of aryl methyl sites for hydroxylation is 1. The number of nitrogens with zero attached hydrogens (tertiary/aromatic N) is 1. The second kappa shape index (κ2) is 4.59. The fourth-order valence-corrected chi connectivity index (χ4v) is 4.31. The van der Waals surface area contributed by atoms with Gasteiger partial charge in [0.05, 0.1) is 5.56 Å². The number of carbonyl (C=O) groups is 1. The number of hydrogen-bond acceptors (Lipinski definition) is 4. The molecule has 0 aromatic carbocycles. The van der Waals surface area contributed by atoms with Gasteiger partial charge in [-0.05, 0) is 37.3 Å². The lowest BCUT2D eigenvalue weighted by molar-refractivity contribution is 0.0935. The number of nitrogens with one attached hydrogen (secondary N) is 2. The first kappa shape index (κ1) is 11.9. The van der Waals surface area contributed by atoms with Gasteiger partial charge in [0.25, 0.3) is 5.91 Å². The van der Waals surface area contributed by atoms with Crippen LogP contribution < -0.4 is 10.6 Å². The molecule has 102 valence electrons. The lowest BCUT2D eigenvalue weighted by Gasteiger charge is -2.26.